The van der Waals surface area contributed by atoms with Crippen LogP contribution in [0.1, 0.15) is 37.0 Å². The lowest BCUT2D eigenvalue weighted by atomic mass is 10.3. The maximum Gasteiger partial charge on any atom is 0.269 e. The molecule has 0 atom stereocenters. The van der Waals surface area contributed by atoms with E-state index < -0.39 is 6.29 Å². The second-order valence-corrected chi connectivity index (χ2v) is 4.05. The molecule has 0 saturated carbocycles. The molecule has 1 aromatic heterocycles. The predicted octanol–water partition coefficient (Wildman–Crippen LogP) is 1.11. The molecule has 6 nitrogen and oxygen atoms in total. The van der Waals surface area contributed by atoms with E-state index >= 15 is 0 Å². The van der Waals surface area contributed by atoms with Gasteiger partial charge >= 0.3 is 0 Å². The highest BCUT2D eigenvalue weighted by molar-refractivity contribution is 5.92. The molecule has 0 aromatic carbocycles. The summed E-state index contributed by atoms with van der Waals surface area (Å²) < 4.78 is 12.3. The number of amides is 1. The van der Waals surface area contributed by atoms with Crippen LogP contribution < -0.4 is 5.32 Å². The minimum absolute atomic E-state index is 0.167. The first kappa shape index (κ1) is 15.7. The number of ether oxygens (including phenoxy) is 2. The molecule has 108 valence electrons. The molecule has 0 aliphatic carbocycles. The molecule has 0 aliphatic rings. The van der Waals surface area contributed by atoms with Crippen molar-refractivity contribution in [3.05, 3.63) is 17.5 Å². The van der Waals surface area contributed by atoms with Gasteiger partial charge in [-0.15, -0.1) is 0 Å². The molecule has 0 fully saturated rings. The van der Waals surface area contributed by atoms with Crippen molar-refractivity contribution in [1.82, 2.24) is 15.1 Å². The van der Waals surface area contributed by atoms with Crippen LogP contribution in [0.3, 0.4) is 0 Å². The Bertz CT molecular complexity index is 398. The molecule has 0 radical (unpaired) electrons. The number of carbonyl (C=O) groups is 1. The summed E-state index contributed by atoms with van der Waals surface area (Å²) in [4.78, 5) is 12.0. The van der Waals surface area contributed by atoms with Crippen LogP contribution in [-0.4, -0.2) is 41.7 Å². The smallest absolute Gasteiger partial charge is 0.269 e. The van der Waals surface area contributed by atoms with Crippen LogP contribution >= 0.6 is 0 Å². The first-order valence-electron chi connectivity index (χ1n) is 6.66. The zero-order valence-corrected chi connectivity index (χ0v) is 12.1. The third-order valence-corrected chi connectivity index (χ3v) is 2.66. The van der Waals surface area contributed by atoms with Crippen molar-refractivity contribution in [2.24, 2.45) is 7.05 Å². The summed E-state index contributed by atoms with van der Waals surface area (Å²) in [7, 11) is 1.76. The van der Waals surface area contributed by atoms with Crippen LogP contribution in [0.4, 0.5) is 0 Å². The van der Waals surface area contributed by atoms with Crippen molar-refractivity contribution in [3.8, 4) is 0 Å². The third kappa shape index (κ3) is 4.65. The Kier molecular flexibility index (Phi) is 6.52. The van der Waals surface area contributed by atoms with Gasteiger partial charge in [-0.3, -0.25) is 9.48 Å². The summed E-state index contributed by atoms with van der Waals surface area (Å²) in [5, 5.41) is 7.04. The molecule has 1 N–H and O–H groups in total. The van der Waals surface area contributed by atoms with Gasteiger partial charge < -0.3 is 14.8 Å². The number of nitrogens with zero attached hydrogens (tertiary/aromatic N) is 2. The summed E-state index contributed by atoms with van der Waals surface area (Å²) in [6, 6.07) is 1.80. The summed E-state index contributed by atoms with van der Waals surface area (Å²) >= 11 is 0. The van der Waals surface area contributed by atoms with Gasteiger partial charge in [0.15, 0.2) is 6.29 Å². The Morgan fingerprint density at radius 3 is 2.47 bits per heavy atom. The number of hydrogen-bond acceptors (Lipinski definition) is 4. The quantitative estimate of drug-likeness (QED) is 0.718. The van der Waals surface area contributed by atoms with Crippen molar-refractivity contribution >= 4 is 5.91 Å². The Hall–Kier alpha value is -1.40. The molecule has 1 heterocycles. The molecule has 0 aliphatic heterocycles. The Labute approximate surface area is 114 Å². The van der Waals surface area contributed by atoms with Gasteiger partial charge in [-0.05, 0) is 26.3 Å². The normalized spacial score (nSPS) is 11.0. The first-order chi connectivity index (χ1) is 9.12. The minimum Gasteiger partial charge on any atom is -0.351 e. The van der Waals surface area contributed by atoms with E-state index in [0.29, 0.717) is 25.5 Å². The minimum atomic E-state index is -0.405. The van der Waals surface area contributed by atoms with Crippen LogP contribution in [0.15, 0.2) is 6.07 Å². The van der Waals surface area contributed by atoms with Gasteiger partial charge in [-0.1, -0.05) is 6.92 Å². The lowest BCUT2D eigenvalue weighted by molar-refractivity contribution is -0.131. The zero-order chi connectivity index (χ0) is 14.3. The molecule has 1 aromatic rings. The van der Waals surface area contributed by atoms with Crippen molar-refractivity contribution in [3.63, 3.8) is 0 Å². The molecule has 19 heavy (non-hydrogen) atoms. The van der Waals surface area contributed by atoms with Crippen molar-refractivity contribution in [2.75, 3.05) is 19.8 Å². The van der Waals surface area contributed by atoms with Crippen LogP contribution in [0, 0.1) is 0 Å². The highest BCUT2D eigenvalue weighted by Crippen LogP contribution is 2.04. The van der Waals surface area contributed by atoms with E-state index in [9.17, 15) is 4.79 Å². The highest BCUT2D eigenvalue weighted by atomic mass is 16.7. The molecule has 6 heteroatoms. The van der Waals surface area contributed by atoms with E-state index in [2.05, 4.69) is 10.4 Å². The number of aryl methyl sites for hydroxylation is 2. The van der Waals surface area contributed by atoms with E-state index in [0.717, 1.165) is 12.1 Å². The largest absolute Gasteiger partial charge is 0.351 e. The maximum atomic E-state index is 12.0. The Morgan fingerprint density at radius 2 is 2.00 bits per heavy atom. The molecular weight excluding hydrogens is 246 g/mol. The van der Waals surface area contributed by atoms with Crippen LogP contribution in [0.2, 0.25) is 0 Å². The molecule has 0 bridgehead atoms. The molecule has 0 saturated heterocycles. The summed E-state index contributed by atoms with van der Waals surface area (Å²) in [6.07, 6.45) is 0.402. The lowest BCUT2D eigenvalue weighted by Gasteiger charge is -2.17. The van der Waals surface area contributed by atoms with Crippen LogP contribution in [-0.2, 0) is 22.9 Å². The first-order valence-corrected chi connectivity index (χ1v) is 6.66. The van der Waals surface area contributed by atoms with Crippen molar-refractivity contribution < 1.29 is 14.3 Å². The third-order valence-electron chi connectivity index (χ3n) is 2.66. The summed E-state index contributed by atoms with van der Waals surface area (Å²) in [5.41, 5.74) is 1.45. The predicted molar refractivity (Wildman–Crippen MR) is 72.0 cm³/mol. The maximum absolute atomic E-state index is 12.0. The number of carbonyl (C=O) groups excluding carboxylic acids is 1. The number of hydrogen-bond donors (Lipinski definition) is 1. The number of aromatic nitrogens is 2. The fourth-order valence-corrected chi connectivity index (χ4v) is 1.72. The van der Waals surface area contributed by atoms with Gasteiger partial charge in [-0.25, -0.2) is 0 Å². The van der Waals surface area contributed by atoms with Gasteiger partial charge in [0.05, 0.1) is 12.2 Å². The standard InChI is InChI=1S/C13H23N3O3/c1-5-10-8-11(16(4)15-10)13(17)14-9-12(18-6-2)19-7-3/h8,12H,5-7,9H2,1-4H3,(H,14,17). The van der Waals surface area contributed by atoms with E-state index in [1.165, 1.54) is 0 Å². The molecule has 0 unspecified atom stereocenters. The van der Waals surface area contributed by atoms with Gasteiger partial charge in [0.2, 0.25) is 0 Å². The molecule has 1 amide bonds. The average molecular weight is 269 g/mol. The summed E-state index contributed by atoms with van der Waals surface area (Å²) in [5.74, 6) is -0.167. The Balaban J connectivity index is 2.55. The van der Waals surface area contributed by atoms with Gasteiger partial charge in [0.1, 0.15) is 5.69 Å². The van der Waals surface area contributed by atoms with Crippen molar-refractivity contribution in [1.29, 1.82) is 0 Å². The second kappa shape index (κ2) is 7.91. The average Bonchev–Trinajstić information content (AvgIpc) is 2.77. The van der Waals surface area contributed by atoms with E-state index in [-0.39, 0.29) is 5.91 Å². The van der Waals surface area contributed by atoms with E-state index in [1.54, 1.807) is 17.8 Å². The van der Waals surface area contributed by atoms with Crippen molar-refractivity contribution in [2.45, 2.75) is 33.5 Å². The lowest BCUT2D eigenvalue weighted by Crippen LogP contribution is -2.36. The molecule has 0 spiro atoms. The van der Waals surface area contributed by atoms with Crippen LogP contribution in [0.25, 0.3) is 0 Å². The number of nitrogens with one attached hydrogen (secondary N) is 1. The SMILES string of the molecule is CCOC(CNC(=O)c1cc(CC)nn1C)OCC. The fraction of sp³-hybridized carbons (Fsp3) is 0.692. The van der Waals surface area contributed by atoms with Gasteiger partial charge in [0.25, 0.3) is 5.91 Å². The van der Waals surface area contributed by atoms with Gasteiger partial charge in [0, 0.05) is 20.3 Å². The van der Waals surface area contributed by atoms with E-state index in [4.69, 9.17) is 9.47 Å². The zero-order valence-electron chi connectivity index (χ0n) is 12.1. The fourth-order valence-electron chi connectivity index (χ4n) is 1.72. The van der Waals surface area contributed by atoms with Crippen LogP contribution in [0.5, 0.6) is 0 Å². The van der Waals surface area contributed by atoms with E-state index in [1.807, 2.05) is 20.8 Å². The topological polar surface area (TPSA) is 65.4 Å². The highest BCUT2D eigenvalue weighted by Gasteiger charge is 2.15. The number of rotatable bonds is 8. The molecular formula is C13H23N3O3. The Morgan fingerprint density at radius 1 is 1.37 bits per heavy atom. The monoisotopic (exact) mass is 269 g/mol. The summed E-state index contributed by atoms with van der Waals surface area (Å²) in [6.45, 7) is 7.21. The van der Waals surface area contributed by atoms with Gasteiger partial charge in [-0.2, -0.15) is 5.10 Å². The second-order valence-electron chi connectivity index (χ2n) is 4.05. The molecule has 1 rings (SSSR count).